The lowest BCUT2D eigenvalue weighted by Crippen LogP contribution is -2.26. The van der Waals surface area contributed by atoms with Gasteiger partial charge in [-0.25, -0.2) is 0 Å². The van der Waals surface area contributed by atoms with Gasteiger partial charge in [0.2, 0.25) is 0 Å². The molecule has 2 rings (SSSR count). The first-order valence-corrected chi connectivity index (χ1v) is 7.37. The molecule has 0 radical (unpaired) electrons. The first-order valence-electron chi connectivity index (χ1n) is 5.78. The zero-order chi connectivity index (χ0) is 14.0. The highest BCUT2D eigenvalue weighted by Gasteiger charge is 2.14. The van der Waals surface area contributed by atoms with Crippen molar-refractivity contribution in [1.29, 1.82) is 0 Å². The zero-order valence-electron chi connectivity index (χ0n) is 10.7. The minimum atomic E-state index is -0.0346. The minimum absolute atomic E-state index is 0.0346. The molecule has 0 aliphatic carbocycles. The van der Waals surface area contributed by atoms with E-state index in [0.717, 1.165) is 20.2 Å². The number of benzene rings is 2. The molecule has 4 heteroatoms. The number of halogens is 2. The molecule has 98 valence electrons. The van der Waals surface area contributed by atoms with Crippen molar-refractivity contribution in [1.82, 2.24) is 0 Å². The topological polar surface area (TPSA) is 20.3 Å². The highest BCUT2D eigenvalue weighted by Crippen LogP contribution is 2.23. The van der Waals surface area contributed by atoms with Crippen LogP contribution in [0.2, 0.25) is 0 Å². The van der Waals surface area contributed by atoms with E-state index >= 15 is 0 Å². The fourth-order valence-corrected chi connectivity index (χ4v) is 3.12. The molecule has 0 fully saturated rings. The molecule has 1 amide bonds. The predicted octanol–water partition coefficient (Wildman–Crippen LogP) is 4.80. The van der Waals surface area contributed by atoms with Gasteiger partial charge in [-0.3, -0.25) is 4.79 Å². The van der Waals surface area contributed by atoms with Crippen LogP contribution in [0.5, 0.6) is 0 Å². The third-order valence-electron chi connectivity index (χ3n) is 2.80. The Bertz CT molecular complexity index is 605. The van der Waals surface area contributed by atoms with Gasteiger partial charge in [0.25, 0.3) is 5.91 Å². The molecule has 0 atom stereocenters. The summed E-state index contributed by atoms with van der Waals surface area (Å²) < 4.78 is 1.76. The van der Waals surface area contributed by atoms with Gasteiger partial charge in [-0.1, -0.05) is 44.0 Å². The van der Waals surface area contributed by atoms with Crippen molar-refractivity contribution in [2.75, 3.05) is 11.9 Å². The van der Waals surface area contributed by atoms with E-state index in [9.17, 15) is 4.79 Å². The molecule has 0 spiro atoms. The Morgan fingerprint density at radius 2 is 1.68 bits per heavy atom. The average Bonchev–Trinajstić information content (AvgIpc) is 2.36. The van der Waals surface area contributed by atoms with Gasteiger partial charge in [0.15, 0.2) is 0 Å². The van der Waals surface area contributed by atoms with E-state index in [0.29, 0.717) is 5.56 Å². The van der Waals surface area contributed by atoms with Gasteiger partial charge in [0, 0.05) is 27.2 Å². The molecule has 2 nitrogen and oxygen atoms in total. The summed E-state index contributed by atoms with van der Waals surface area (Å²) in [5.41, 5.74) is 2.67. The van der Waals surface area contributed by atoms with Crippen LogP contribution in [0.25, 0.3) is 0 Å². The van der Waals surface area contributed by atoms with Gasteiger partial charge in [-0.2, -0.15) is 0 Å². The van der Waals surface area contributed by atoms with E-state index in [1.807, 2.05) is 49.4 Å². The monoisotopic (exact) mass is 381 g/mol. The predicted molar refractivity (Wildman–Crippen MR) is 85.8 cm³/mol. The van der Waals surface area contributed by atoms with Gasteiger partial charge < -0.3 is 4.90 Å². The van der Waals surface area contributed by atoms with Gasteiger partial charge in [0.1, 0.15) is 0 Å². The highest BCUT2D eigenvalue weighted by molar-refractivity contribution is 9.11. The van der Waals surface area contributed by atoms with Gasteiger partial charge in [0.05, 0.1) is 0 Å². The van der Waals surface area contributed by atoms with Crippen LogP contribution in [0.15, 0.2) is 51.4 Å². The van der Waals surface area contributed by atoms with Crippen molar-refractivity contribution in [2.24, 2.45) is 0 Å². The largest absolute Gasteiger partial charge is 0.311 e. The van der Waals surface area contributed by atoms with E-state index in [4.69, 9.17) is 0 Å². The van der Waals surface area contributed by atoms with Crippen LogP contribution >= 0.6 is 31.9 Å². The number of aryl methyl sites for hydroxylation is 1. The number of hydrogen-bond acceptors (Lipinski definition) is 1. The van der Waals surface area contributed by atoms with Crippen molar-refractivity contribution in [3.05, 3.63) is 62.5 Å². The minimum Gasteiger partial charge on any atom is -0.311 e. The maximum atomic E-state index is 12.4. The molecule has 0 aliphatic heterocycles. The lowest BCUT2D eigenvalue weighted by atomic mass is 10.1. The molecule has 0 heterocycles. The first-order chi connectivity index (χ1) is 8.97. The summed E-state index contributed by atoms with van der Waals surface area (Å²) >= 11 is 6.80. The third-order valence-corrected chi connectivity index (χ3v) is 3.72. The van der Waals surface area contributed by atoms with Crippen LogP contribution in [0, 0.1) is 6.92 Å². The average molecular weight is 383 g/mol. The molecule has 2 aromatic carbocycles. The summed E-state index contributed by atoms with van der Waals surface area (Å²) in [4.78, 5) is 14.1. The summed E-state index contributed by atoms with van der Waals surface area (Å²) in [7, 11) is 1.78. The van der Waals surface area contributed by atoms with Gasteiger partial charge in [-0.15, -0.1) is 0 Å². The number of carbonyl (C=O) groups excluding carboxylic acids is 1. The molecule has 0 bridgehead atoms. The number of amides is 1. The summed E-state index contributed by atoms with van der Waals surface area (Å²) in [5, 5.41) is 0. The standard InChI is InChI=1S/C15H13Br2NO/c1-10-4-3-5-14(6-10)18(2)15(19)11-7-12(16)9-13(17)8-11/h3-9H,1-2H3. The Kier molecular flexibility index (Phi) is 4.42. The molecular weight excluding hydrogens is 370 g/mol. The second-order valence-electron chi connectivity index (χ2n) is 4.36. The number of carbonyl (C=O) groups is 1. The molecular formula is C15H13Br2NO. The van der Waals surface area contributed by atoms with E-state index in [-0.39, 0.29) is 5.91 Å². The highest BCUT2D eigenvalue weighted by atomic mass is 79.9. The first kappa shape index (κ1) is 14.3. The van der Waals surface area contributed by atoms with Crippen molar-refractivity contribution < 1.29 is 4.79 Å². The molecule has 0 aromatic heterocycles. The Morgan fingerprint density at radius 1 is 1.05 bits per heavy atom. The summed E-state index contributed by atoms with van der Waals surface area (Å²) in [5.74, 6) is -0.0346. The maximum Gasteiger partial charge on any atom is 0.258 e. The Morgan fingerprint density at radius 3 is 2.26 bits per heavy atom. The smallest absolute Gasteiger partial charge is 0.258 e. The van der Waals surface area contributed by atoms with Crippen LogP contribution in [-0.2, 0) is 0 Å². The molecule has 0 aliphatic rings. The number of nitrogens with zero attached hydrogens (tertiary/aromatic N) is 1. The molecule has 0 saturated heterocycles. The quantitative estimate of drug-likeness (QED) is 0.730. The van der Waals surface area contributed by atoms with E-state index < -0.39 is 0 Å². The Labute approximate surface area is 129 Å². The SMILES string of the molecule is Cc1cccc(N(C)C(=O)c2cc(Br)cc(Br)c2)c1. The van der Waals surface area contributed by atoms with Gasteiger partial charge >= 0.3 is 0 Å². The van der Waals surface area contributed by atoms with Crippen LogP contribution < -0.4 is 4.90 Å². The second kappa shape index (κ2) is 5.88. The van der Waals surface area contributed by atoms with E-state index in [1.165, 1.54) is 0 Å². The van der Waals surface area contributed by atoms with E-state index in [2.05, 4.69) is 31.9 Å². The van der Waals surface area contributed by atoms with Crippen molar-refractivity contribution in [3.8, 4) is 0 Å². The lowest BCUT2D eigenvalue weighted by Gasteiger charge is -2.18. The zero-order valence-corrected chi connectivity index (χ0v) is 13.8. The van der Waals surface area contributed by atoms with Crippen molar-refractivity contribution in [3.63, 3.8) is 0 Å². The summed E-state index contributed by atoms with van der Waals surface area (Å²) in [6.45, 7) is 2.01. The molecule has 2 aromatic rings. The van der Waals surface area contributed by atoms with Crippen LogP contribution in [0.4, 0.5) is 5.69 Å². The van der Waals surface area contributed by atoms with E-state index in [1.54, 1.807) is 11.9 Å². The van der Waals surface area contributed by atoms with Crippen LogP contribution in [-0.4, -0.2) is 13.0 Å². The van der Waals surface area contributed by atoms with Gasteiger partial charge in [-0.05, 0) is 42.8 Å². The number of rotatable bonds is 2. The van der Waals surface area contributed by atoms with Crippen LogP contribution in [0.3, 0.4) is 0 Å². The normalized spacial score (nSPS) is 10.3. The third kappa shape index (κ3) is 3.45. The fraction of sp³-hybridized carbons (Fsp3) is 0.133. The summed E-state index contributed by atoms with van der Waals surface area (Å²) in [6.07, 6.45) is 0. The molecule has 19 heavy (non-hydrogen) atoms. The second-order valence-corrected chi connectivity index (χ2v) is 6.19. The maximum absolute atomic E-state index is 12.4. The number of anilines is 1. The lowest BCUT2D eigenvalue weighted by molar-refractivity contribution is 0.0993. The van der Waals surface area contributed by atoms with Crippen molar-refractivity contribution in [2.45, 2.75) is 6.92 Å². The molecule has 0 unspecified atom stereocenters. The Balaban J connectivity index is 2.33. The molecule has 0 N–H and O–H groups in total. The van der Waals surface area contributed by atoms with Crippen LogP contribution in [0.1, 0.15) is 15.9 Å². The summed E-state index contributed by atoms with van der Waals surface area (Å²) in [6, 6.07) is 13.4. The number of hydrogen-bond donors (Lipinski definition) is 0. The van der Waals surface area contributed by atoms with Crippen molar-refractivity contribution >= 4 is 43.5 Å². The Hall–Kier alpha value is -1.13. The molecule has 0 saturated carbocycles. The fourth-order valence-electron chi connectivity index (χ4n) is 1.82.